The highest BCUT2D eigenvalue weighted by Crippen LogP contribution is 2.22. The van der Waals surface area contributed by atoms with Crippen LogP contribution in [-0.2, 0) is 9.59 Å². The van der Waals surface area contributed by atoms with Gasteiger partial charge in [0.15, 0.2) is 0 Å². The Morgan fingerprint density at radius 1 is 1.29 bits per heavy atom. The van der Waals surface area contributed by atoms with E-state index in [2.05, 4.69) is 20.5 Å². The number of rotatable bonds is 6. The molecule has 1 saturated heterocycles. The van der Waals surface area contributed by atoms with Crippen molar-refractivity contribution in [3.8, 4) is 0 Å². The Hall–Kier alpha value is -2.11. The fourth-order valence-corrected chi connectivity index (χ4v) is 2.68. The SMILES string of the molecule is CCC(=O)NCC1CCN(c2ccc(NC(=O)C(C)C)cn2)CC1. The van der Waals surface area contributed by atoms with Crippen molar-refractivity contribution in [1.29, 1.82) is 0 Å². The quantitative estimate of drug-likeness (QED) is 0.839. The minimum atomic E-state index is -0.0445. The van der Waals surface area contributed by atoms with Crippen LogP contribution in [0.5, 0.6) is 0 Å². The number of hydrogen-bond acceptors (Lipinski definition) is 4. The van der Waals surface area contributed by atoms with Gasteiger partial charge in [0.1, 0.15) is 5.82 Å². The maximum absolute atomic E-state index is 11.7. The van der Waals surface area contributed by atoms with E-state index in [1.165, 1.54) is 0 Å². The van der Waals surface area contributed by atoms with Gasteiger partial charge >= 0.3 is 0 Å². The molecule has 0 spiro atoms. The molecule has 1 fully saturated rings. The van der Waals surface area contributed by atoms with Crippen LogP contribution in [0.25, 0.3) is 0 Å². The first kappa shape index (κ1) is 18.2. The second kappa shape index (κ2) is 8.66. The molecule has 2 rings (SSSR count). The highest BCUT2D eigenvalue weighted by Gasteiger charge is 2.20. The molecule has 0 saturated carbocycles. The lowest BCUT2D eigenvalue weighted by atomic mass is 9.96. The standard InChI is InChI=1S/C18H28N4O2/c1-4-17(23)20-11-14-7-9-22(10-8-14)16-6-5-15(12-19-16)21-18(24)13(2)3/h5-6,12-14H,4,7-11H2,1-3H3,(H,20,23)(H,21,24). The predicted octanol–water partition coefficient (Wildman–Crippen LogP) is 2.42. The first-order chi connectivity index (χ1) is 11.5. The molecular weight excluding hydrogens is 304 g/mol. The minimum absolute atomic E-state index is 0.000472. The molecule has 0 aliphatic carbocycles. The number of pyridine rings is 1. The Morgan fingerprint density at radius 3 is 2.54 bits per heavy atom. The summed E-state index contributed by atoms with van der Waals surface area (Å²) in [6.45, 7) is 8.26. The Morgan fingerprint density at radius 2 is 2.00 bits per heavy atom. The van der Waals surface area contributed by atoms with Crippen molar-refractivity contribution < 1.29 is 9.59 Å². The molecule has 132 valence electrons. The molecule has 1 aliphatic rings. The molecule has 2 amide bonds. The summed E-state index contributed by atoms with van der Waals surface area (Å²) < 4.78 is 0. The molecule has 2 heterocycles. The molecule has 24 heavy (non-hydrogen) atoms. The van der Waals surface area contributed by atoms with Crippen molar-refractivity contribution in [3.05, 3.63) is 18.3 Å². The fourth-order valence-electron chi connectivity index (χ4n) is 2.68. The van der Waals surface area contributed by atoms with E-state index in [9.17, 15) is 9.59 Å². The number of hydrogen-bond donors (Lipinski definition) is 2. The van der Waals surface area contributed by atoms with Crippen molar-refractivity contribution in [1.82, 2.24) is 10.3 Å². The van der Waals surface area contributed by atoms with Crippen LogP contribution >= 0.6 is 0 Å². The monoisotopic (exact) mass is 332 g/mol. The van der Waals surface area contributed by atoms with E-state index in [-0.39, 0.29) is 17.7 Å². The predicted molar refractivity (Wildman–Crippen MR) is 95.9 cm³/mol. The van der Waals surface area contributed by atoms with Crippen molar-refractivity contribution >= 4 is 23.3 Å². The van der Waals surface area contributed by atoms with Gasteiger partial charge < -0.3 is 15.5 Å². The third-order valence-corrected chi connectivity index (χ3v) is 4.39. The van der Waals surface area contributed by atoms with Crippen molar-refractivity contribution in [2.24, 2.45) is 11.8 Å². The van der Waals surface area contributed by atoms with Gasteiger partial charge in [-0.2, -0.15) is 0 Å². The lowest BCUT2D eigenvalue weighted by molar-refractivity contribution is -0.121. The first-order valence-electron chi connectivity index (χ1n) is 8.78. The van der Waals surface area contributed by atoms with Gasteiger partial charge in [-0.25, -0.2) is 4.98 Å². The van der Waals surface area contributed by atoms with E-state index in [0.29, 0.717) is 12.3 Å². The van der Waals surface area contributed by atoms with E-state index in [1.807, 2.05) is 32.9 Å². The summed E-state index contributed by atoms with van der Waals surface area (Å²) in [5.74, 6) is 1.56. The molecule has 0 aromatic carbocycles. The topological polar surface area (TPSA) is 74.3 Å². The smallest absolute Gasteiger partial charge is 0.226 e. The molecule has 2 N–H and O–H groups in total. The number of piperidine rings is 1. The lowest BCUT2D eigenvalue weighted by Gasteiger charge is -2.32. The van der Waals surface area contributed by atoms with Crippen LogP contribution in [0.1, 0.15) is 40.0 Å². The Kier molecular flexibility index (Phi) is 6.58. The van der Waals surface area contributed by atoms with E-state index < -0.39 is 0 Å². The molecule has 6 nitrogen and oxygen atoms in total. The zero-order valence-corrected chi connectivity index (χ0v) is 14.8. The van der Waals surface area contributed by atoms with Crippen molar-refractivity contribution in [3.63, 3.8) is 0 Å². The van der Waals surface area contributed by atoms with E-state index in [0.717, 1.165) is 44.0 Å². The average molecular weight is 332 g/mol. The Labute approximate surface area is 144 Å². The second-order valence-corrected chi connectivity index (χ2v) is 6.64. The van der Waals surface area contributed by atoms with Gasteiger partial charge in [0, 0.05) is 32.0 Å². The Bertz CT molecular complexity index is 549. The van der Waals surface area contributed by atoms with Gasteiger partial charge in [0.05, 0.1) is 11.9 Å². The van der Waals surface area contributed by atoms with Crippen LogP contribution in [0.2, 0.25) is 0 Å². The molecule has 1 aromatic heterocycles. The van der Waals surface area contributed by atoms with Gasteiger partial charge in [-0.3, -0.25) is 9.59 Å². The van der Waals surface area contributed by atoms with Crippen LogP contribution in [0, 0.1) is 11.8 Å². The molecule has 0 atom stereocenters. The van der Waals surface area contributed by atoms with Crippen LogP contribution in [0.3, 0.4) is 0 Å². The molecular formula is C18H28N4O2. The molecule has 1 aliphatic heterocycles. The van der Waals surface area contributed by atoms with Gasteiger partial charge in [0.2, 0.25) is 11.8 Å². The fraction of sp³-hybridized carbons (Fsp3) is 0.611. The maximum Gasteiger partial charge on any atom is 0.226 e. The third-order valence-electron chi connectivity index (χ3n) is 4.39. The normalized spacial score (nSPS) is 15.4. The lowest BCUT2D eigenvalue weighted by Crippen LogP contribution is -2.38. The van der Waals surface area contributed by atoms with Gasteiger partial charge in [0.25, 0.3) is 0 Å². The molecule has 0 radical (unpaired) electrons. The van der Waals surface area contributed by atoms with Crippen LogP contribution < -0.4 is 15.5 Å². The molecule has 6 heteroatoms. The number of carbonyl (C=O) groups is 2. The van der Waals surface area contributed by atoms with Crippen molar-refractivity contribution in [2.45, 2.75) is 40.0 Å². The van der Waals surface area contributed by atoms with Crippen molar-refractivity contribution in [2.75, 3.05) is 29.9 Å². The van der Waals surface area contributed by atoms with E-state index in [1.54, 1.807) is 6.20 Å². The van der Waals surface area contributed by atoms with Gasteiger partial charge in [-0.15, -0.1) is 0 Å². The largest absolute Gasteiger partial charge is 0.357 e. The summed E-state index contributed by atoms with van der Waals surface area (Å²) in [6.07, 6.45) is 4.36. The van der Waals surface area contributed by atoms with E-state index >= 15 is 0 Å². The summed E-state index contributed by atoms with van der Waals surface area (Å²) in [4.78, 5) is 29.7. The zero-order valence-electron chi connectivity index (χ0n) is 14.8. The number of anilines is 2. The number of nitrogens with one attached hydrogen (secondary N) is 2. The van der Waals surface area contributed by atoms with Gasteiger partial charge in [-0.1, -0.05) is 20.8 Å². The Balaban J connectivity index is 1.81. The van der Waals surface area contributed by atoms with Crippen LogP contribution in [-0.4, -0.2) is 36.4 Å². The summed E-state index contributed by atoms with van der Waals surface area (Å²) >= 11 is 0. The number of nitrogens with zero attached hydrogens (tertiary/aromatic N) is 2. The van der Waals surface area contributed by atoms with Crippen LogP contribution in [0.4, 0.5) is 11.5 Å². The third kappa shape index (κ3) is 5.22. The average Bonchev–Trinajstić information content (AvgIpc) is 2.60. The summed E-state index contributed by atoms with van der Waals surface area (Å²) in [5.41, 5.74) is 0.731. The number of aromatic nitrogens is 1. The summed E-state index contributed by atoms with van der Waals surface area (Å²) in [6, 6.07) is 3.85. The van der Waals surface area contributed by atoms with Gasteiger partial charge in [-0.05, 0) is 30.9 Å². The number of amides is 2. The van der Waals surface area contributed by atoms with Crippen LogP contribution in [0.15, 0.2) is 18.3 Å². The maximum atomic E-state index is 11.7. The molecule has 0 unspecified atom stereocenters. The second-order valence-electron chi connectivity index (χ2n) is 6.64. The zero-order chi connectivity index (χ0) is 17.5. The highest BCUT2D eigenvalue weighted by atomic mass is 16.2. The highest BCUT2D eigenvalue weighted by molar-refractivity contribution is 5.91. The summed E-state index contributed by atoms with van der Waals surface area (Å²) in [5, 5.41) is 5.83. The minimum Gasteiger partial charge on any atom is -0.357 e. The van der Waals surface area contributed by atoms with E-state index in [4.69, 9.17) is 0 Å². The summed E-state index contributed by atoms with van der Waals surface area (Å²) in [7, 11) is 0. The number of carbonyl (C=O) groups excluding carboxylic acids is 2. The molecule has 1 aromatic rings. The first-order valence-corrected chi connectivity index (χ1v) is 8.78. The molecule has 0 bridgehead atoms.